The van der Waals surface area contributed by atoms with Gasteiger partial charge in [0.05, 0.1) is 24.9 Å². The minimum Gasteiger partial charge on any atom is -0.462 e. The summed E-state index contributed by atoms with van der Waals surface area (Å²) in [6.45, 7) is 3.11. The number of tetrazole rings is 1. The summed E-state index contributed by atoms with van der Waals surface area (Å²) in [6, 6.07) is -0.833. The summed E-state index contributed by atoms with van der Waals surface area (Å²) in [5.74, 6) is 4.25. The Kier molecular flexibility index (Phi) is 12.0. The lowest BCUT2D eigenvalue weighted by Gasteiger charge is -2.49. The van der Waals surface area contributed by atoms with Crippen molar-refractivity contribution in [3.63, 3.8) is 0 Å². The third-order valence-corrected chi connectivity index (χ3v) is 9.04. The van der Waals surface area contributed by atoms with E-state index in [1.165, 1.54) is 34.6 Å². The molecule has 0 saturated carbocycles. The Balaban J connectivity index is 1.42. The summed E-state index contributed by atoms with van der Waals surface area (Å²) in [5.41, 5.74) is 1.13. The number of carbonyl (C=O) groups is 4. The van der Waals surface area contributed by atoms with E-state index in [0.29, 0.717) is 40.9 Å². The smallest absolute Gasteiger partial charge is 0.355 e. The number of rotatable bonds is 17. The first-order valence-corrected chi connectivity index (χ1v) is 16.2. The molecular formula is C25H37N11O6S2. The Morgan fingerprint density at radius 3 is 2.75 bits per heavy atom. The van der Waals surface area contributed by atoms with E-state index in [1.807, 2.05) is 25.9 Å². The molecule has 2 aliphatic rings. The third kappa shape index (κ3) is 8.69. The van der Waals surface area contributed by atoms with Gasteiger partial charge < -0.3 is 25.5 Å². The van der Waals surface area contributed by atoms with Crippen LogP contribution in [0.3, 0.4) is 0 Å². The molecule has 0 bridgehead atoms. The second-order valence-corrected chi connectivity index (χ2v) is 12.4. The van der Waals surface area contributed by atoms with Gasteiger partial charge in [-0.2, -0.15) is 0 Å². The van der Waals surface area contributed by atoms with E-state index in [2.05, 4.69) is 31.0 Å². The standard InChI is InChI=1S/C25H37N11O6S2/c1-4-5-6-7-19(38)41-10-11-42-24(40)21-16(15-44-25-29-31-32-34(25)9-8-33(2)3)14-43-23-20(22(39)35(21)23)28-18(37)12-17-13-27-36(26)30-17/h13,20,23H,4-12,14-15,26H2,1-3H3,(H,28,37)/t20-,23+/m1/s1. The van der Waals surface area contributed by atoms with Crippen LogP contribution in [0.5, 0.6) is 0 Å². The zero-order valence-corrected chi connectivity index (χ0v) is 26.5. The van der Waals surface area contributed by atoms with Crippen molar-refractivity contribution in [3.8, 4) is 0 Å². The highest BCUT2D eigenvalue weighted by Crippen LogP contribution is 2.41. The van der Waals surface area contributed by atoms with Crippen molar-refractivity contribution in [2.45, 2.75) is 62.1 Å². The predicted molar refractivity (Wildman–Crippen MR) is 159 cm³/mol. The zero-order chi connectivity index (χ0) is 31.6. The highest BCUT2D eigenvalue weighted by atomic mass is 32.2. The fourth-order valence-corrected chi connectivity index (χ4v) is 6.79. The molecule has 3 N–H and O–H groups in total. The van der Waals surface area contributed by atoms with Crippen LogP contribution in [-0.2, 0) is 41.6 Å². The maximum Gasteiger partial charge on any atom is 0.355 e. The molecule has 0 spiro atoms. The first-order chi connectivity index (χ1) is 21.2. The lowest BCUT2D eigenvalue weighted by molar-refractivity contribution is -0.155. The average Bonchev–Trinajstić information content (AvgIpc) is 3.63. The first kappa shape index (κ1) is 33.2. The second kappa shape index (κ2) is 15.8. The SMILES string of the molecule is CCCCCC(=O)OCCOC(=O)C1=C(CSc2nnnn2CCN(C)C)CS[C@H]2[C@H](NC(=O)Cc3cnn(N)n3)C(=O)N12. The quantitative estimate of drug-likeness (QED) is 0.0706. The molecule has 4 heterocycles. The van der Waals surface area contributed by atoms with Crippen molar-refractivity contribution >= 4 is 47.3 Å². The Bertz CT molecular complexity index is 1360. The van der Waals surface area contributed by atoms with Crippen LogP contribution in [0.15, 0.2) is 22.6 Å². The molecular weight excluding hydrogens is 614 g/mol. The summed E-state index contributed by atoms with van der Waals surface area (Å²) in [7, 11) is 3.90. The fraction of sp³-hybridized carbons (Fsp3) is 0.640. The number of β-lactam (4-membered cyclic amide) rings is 1. The molecule has 0 aromatic carbocycles. The number of hydrogen-bond donors (Lipinski definition) is 2. The number of nitrogens with zero attached hydrogens (tertiary/aromatic N) is 9. The number of nitrogen functional groups attached to an aromatic ring is 1. The summed E-state index contributed by atoms with van der Waals surface area (Å²) < 4.78 is 12.3. The maximum absolute atomic E-state index is 13.4. The molecule has 19 heteroatoms. The molecule has 2 amide bonds. The van der Waals surface area contributed by atoms with E-state index in [9.17, 15) is 19.2 Å². The minimum absolute atomic E-state index is 0.0903. The van der Waals surface area contributed by atoms with E-state index in [0.717, 1.165) is 30.7 Å². The molecule has 0 radical (unpaired) electrons. The van der Waals surface area contributed by atoms with E-state index >= 15 is 0 Å². The van der Waals surface area contributed by atoms with Crippen LogP contribution in [0.4, 0.5) is 0 Å². The van der Waals surface area contributed by atoms with Gasteiger partial charge >= 0.3 is 11.9 Å². The number of fused-ring (bicyclic) bond motifs is 1. The Morgan fingerprint density at radius 2 is 2.02 bits per heavy atom. The van der Waals surface area contributed by atoms with E-state index in [4.69, 9.17) is 15.3 Å². The van der Waals surface area contributed by atoms with Gasteiger partial charge in [-0.05, 0) is 36.5 Å². The van der Waals surface area contributed by atoms with E-state index < -0.39 is 29.2 Å². The highest BCUT2D eigenvalue weighted by molar-refractivity contribution is 8.01. The first-order valence-electron chi connectivity index (χ1n) is 14.2. The number of nitrogens with one attached hydrogen (secondary N) is 1. The van der Waals surface area contributed by atoms with Gasteiger partial charge in [-0.1, -0.05) is 36.4 Å². The number of amides is 2. The number of esters is 2. The number of hydrogen-bond acceptors (Lipinski definition) is 15. The topological polar surface area (TPSA) is 206 Å². The fourth-order valence-electron chi connectivity index (χ4n) is 4.40. The lowest BCUT2D eigenvalue weighted by atomic mass is 10.0. The third-order valence-electron chi connectivity index (χ3n) is 6.65. The Hall–Kier alpha value is -3.71. The molecule has 4 rings (SSSR count). The number of ether oxygens (including phenoxy) is 2. The molecule has 2 aromatic heterocycles. The predicted octanol–water partition coefficient (Wildman–Crippen LogP) is -0.804. The monoisotopic (exact) mass is 651 g/mol. The minimum atomic E-state index is -0.833. The maximum atomic E-state index is 13.4. The second-order valence-electron chi connectivity index (χ2n) is 10.3. The Morgan fingerprint density at radius 1 is 1.23 bits per heavy atom. The molecule has 1 fully saturated rings. The van der Waals surface area contributed by atoms with Crippen molar-refractivity contribution < 1.29 is 28.7 Å². The molecule has 240 valence electrons. The van der Waals surface area contributed by atoms with Crippen LogP contribution >= 0.6 is 23.5 Å². The van der Waals surface area contributed by atoms with Crippen LogP contribution in [0.2, 0.25) is 0 Å². The number of carbonyl (C=O) groups excluding carboxylic acids is 4. The Labute approximate surface area is 262 Å². The molecule has 0 aliphatic carbocycles. The molecule has 2 aromatic rings. The number of nitrogens with two attached hydrogens (primary N) is 1. The number of unbranched alkanes of at least 4 members (excludes halogenated alkanes) is 2. The summed E-state index contributed by atoms with van der Waals surface area (Å²) in [4.78, 5) is 55.4. The van der Waals surface area contributed by atoms with E-state index in [1.54, 1.807) is 4.68 Å². The van der Waals surface area contributed by atoms with Crippen molar-refractivity contribution in [1.82, 2.24) is 50.4 Å². The zero-order valence-electron chi connectivity index (χ0n) is 24.9. The molecule has 1 saturated heterocycles. The molecule has 44 heavy (non-hydrogen) atoms. The van der Waals surface area contributed by atoms with Gasteiger partial charge in [0.2, 0.25) is 11.1 Å². The van der Waals surface area contributed by atoms with Crippen molar-refractivity contribution in [3.05, 3.63) is 23.2 Å². The van der Waals surface area contributed by atoms with Gasteiger partial charge in [0.1, 0.15) is 30.3 Å². The highest BCUT2D eigenvalue weighted by Gasteiger charge is 2.54. The average molecular weight is 652 g/mol. The summed E-state index contributed by atoms with van der Waals surface area (Å²) in [6.07, 6.45) is 4.22. The van der Waals surface area contributed by atoms with Gasteiger partial charge in [-0.15, -0.1) is 27.1 Å². The normalized spacial score (nSPS) is 17.8. The molecule has 2 aliphatic heterocycles. The molecule has 17 nitrogen and oxygen atoms in total. The number of thioether (sulfide) groups is 2. The van der Waals surface area contributed by atoms with Gasteiger partial charge in [0, 0.05) is 24.5 Å². The molecule has 2 atom stereocenters. The van der Waals surface area contributed by atoms with Crippen molar-refractivity contribution in [2.24, 2.45) is 0 Å². The summed E-state index contributed by atoms with van der Waals surface area (Å²) in [5, 5.41) is 22.3. The van der Waals surface area contributed by atoms with Crippen LogP contribution in [0.25, 0.3) is 0 Å². The van der Waals surface area contributed by atoms with E-state index in [-0.39, 0.29) is 31.3 Å². The van der Waals surface area contributed by atoms with Crippen LogP contribution in [0, 0.1) is 0 Å². The van der Waals surface area contributed by atoms with Gasteiger partial charge in [-0.25, -0.2) is 9.48 Å². The van der Waals surface area contributed by atoms with Gasteiger partial charge in [-0.3, -0.25) is 19.3 Å². The number of aromatic nitrogens is 7. The summed E-state index contributed by atoms with van der Waals surface area (Å²) >= 11 is 2.77. The lowest BCUT2D eigenvalue weighted by Crippen LogP contribution is -2.70. The van der Waals surface area contributed by atoms with Crippen molar-refractivity contribution in [2.75, 3.05) is 51.2 Å². The van der Waals surface area contributed by atoms with Crippen LogP contribution < -0.4 is 11.2 Å². The molecule has 0 unspecified atom stereocenters. The van der Waals surface area contributed by atoms with Crippen molar-refractivity contribution in [1.29, 1.82) is 0 Å². The van der Waals surface area contributed by atoms with Gasteiger partial charge in [0.25, 0.3) is 5.91 Å². The van der Waals surface area contributed by atoms with Crippen LogP contribution in [-0.4, -0.2) is 126 Å². The largest absolute Gasteiger partial charge is 0.462 e. The van der Waals surface area contributed by atoms with Crippen LogP contribution in [0.1, 0.15) is 38.3 Å². The number of likely N-dealkylation sites (N-methyl/N-ethyl adjacent to an activating group) is 1. The van der Waals surface area contributed by atoms with Gasteiger partial charge in [0.15, 0.2) is 0 Å².